The molecule has 1 aromatic rings. The fraction of sp³-hybridized carbons (Fsp3) is 0.200. The van der Waals surface area contributed by atoms with Gasteiger partial charge in [0, 0.05) is 24.3 Å². The third-order valence-corrected chi connectivity index (χ3v) is 3.83. The summed E-state index contributed by atoms with van der Waals surface area (Å²) in [6, 6.07) is 6.42. The summed E-state index contributed by atoms with van der Waals surface area (Å²) in [6.07, 6.45) is 0. The van der Waals surface area contributed by atoms with E-state index in [2.05, 4.69) is 3.63 Å². The smallest absolute Gasteiger partial charge is 0.273 e. The van der Waals surface area contributed by atoms with E-state index in [1.165, 1.54) is 0 Å². The summed E-state index contributed by atoms with van der Waals surface area (Å²) in [5, 5.41) is 0. The van der Waals surface area contributed by atoms with E-state index in [9.17, 15) is 18.0 Å². The Hall–Kier alpha value is -1.42. The van der Waals surface area contributed by atoms with E-state index in [4.69, 9.17) is 4.55 Å². The summed E-state index contributed by atoms with van der Waals surface area (Å²) in [7, 11) is -4.53. The molecule has 102 valence electrons. The van der Waals surface area contributed by atoms with Crippen LogP contribution in [0.5, 0.6) is 0 Å². The van der Waals surface area contributed by atoms with E-state index in [1.807, 2.05) is 0 Å². The Bertz CT molecular complexity index is 592. The Balaban J connectivity index is 1.97. The first-order valence-corrected chi connectivity index (χ1v) is 7.41. The number of imide groups is 1. The lowest BCUT2D eigenvalue weighted by Crippen LogP contribution is -2.31. The van der Waals surface area contributed by atoms with Crippen molar-refractivity contribution in [2.75, 3.05) is 12.3 Å². The van der Waals surface area contributed by atoms with Crippen LogP contribution < -0.4 is 0 Å². The first kappa shape index (κ1) is 14.0. The number of benzene rings is 1. The highest BCUT2D eigenvalue weighted by atomic mass is 32.3. The van der Waals surface area contributed by atoms with Crippen LogP contribution in [0.2, 0.25) is 0 Å². The molecule has 0 unspecified atom stereocenters. The molecule has 1 aromatic carbocycles. The van der Waals surface area contributed by atoms with Gasteiger partial charge in [-0.05, 0) is 12.1 Å². The normalized spacial score (nSPS) is 14.9. The van der Waals surface area contributed by atoms with E-state index in [1.54, 1.807) is 24.3 Å². The van der Waals surface area contributed by atoms with E-state index < -0.39 is 22.2 Å². The zero-order valence-corrected chi connectivity index (χ0v) is 11.1. The zero-order valence-electron chi connectivity index (χ0n) is 9.48. The minimum absolute atomic E-state index is 0.00741. The molecule has 0 bridgehead atoms. The van der Waals surface area contributed by atoms with Crippen LogP contribution in [0, 0.1) is 0 Å². The van der Waals surface area contributed by atoms with Crippen LogP contribution in [0.15, 0.2) is 24.3 Å². The lowest BCUT2D eigenvalue weighted by molar-refractivity contribution is 0.0664. The fourth-order valence-electron chi connectivity index (χ4n) is 1.67. The van der Waals surface area contributed by atoms with Crippen molar-refractivity contribution in [3.63, 3.8) is 0 Å². The summed E-state index contributed by atoms with van der Waals surface area (Å²) < 4.78 is 33.0. The molecule has 0 spiro atoms. The van der Waals surface area contributed by atoms with Gasteiger partial charge in [0.05, 0.1) is 11.1 Å². The Labute approximate surface area is 113 Å². The molecule has 2 rings (SSSR count). The largest absolute Gasteiger partial charge is 0.408 e. The van der Waals surface area contributed by atoms with Crippen molar-refractivity contribution in [1.82, 2.24) is 4.90 Å². The Morgan fingerprint density at radius 2 is 1.68 bits per heavy atom. The number of hydrogen-bond acceptors (Lipinski definition) is 6. The maximum atomic E-state index is 11.9. The second kappa shape index (κ2) is 5.29. The number of carbonyl (C=O) groups is 2. The van der Waals surface area contributed by atoms with Crippen molar-refractivity contribution in [2.24, 2.45) is 0 Å². The molecule has 0 fully saturated rings. The molecule has 19 heavy (non-hydrogen) atoms. The summed E-state index contributed by atoms with van der Waals surface area (Å²) in [5.74, 6) is -0.813. The molecule has 2 amide bonds. The summed E-state index contributed by atoms with van der Waals surface area (Å²) in [5.41, 5.74) is 0.654. The summed E-state index contributed by atoms with van der Waals surface area (Å²) in [4.78, 5) is 24.8. The maximum Gasteiger partial charge on any atom is 0.408 e. The Morgan fingerprint density at radius 1 is 1.16 bits per heavy atom. The Morgan fingerprint density at radius 3 is 2.16 bits per heavy atom. The number of amides is 2. The van der Waals surface area contributed by atoms with Crippen molar-refractivity contribution in [2.45, 2.75) is 0 Å². The van der Waals surface area contributed by atoms with Crippen molar-refractivity contribution in [3.05, 3.63) is 35.4 Å². The van der Waals surface area contributed by atoms with Crippen molar-refractivity contribution in [3.8, 4) is 0 Å². The second-order valence-electron chi connectivity index (χ2n) is 3.63. The first-order chi connectivity index (χ1) is 8.90. The van der Waals surface area contributed by atoms with Gasteiger partial charge in [0.25, 0.3) is 11.8 Å². The molecule has 1 N–H and O–H groups in total. The Kier molecular flexibility index (Phi) is 3.90. The molecule has 7 nitrogen and oxygen atoms in total. The van der Waals surface area contributed by atoms with E-state index >= 15 is 0 Å². The summed E-state index contributed by atoms with van der Waals surface area (Å²) >= 11 is 0.446. The third-order valence-electron chi connectivity index (χ3n) is 2.41. The molecule has 1 aliphatic rings. The molecule has 9 heteroatoms. The van der Waals surface area contributed by atoms with Crippen LogP contribution in [0.4, 0.5) is 0 Å². The van der Waals surface area contributed by atoms with Gasteiger partial charge in [-0.1, -0.05) is 12.1 Å². The number of rotatable bonds is 5. The molecule has 0 atom stereocenters. The molecule has 0 radical (unpaired) electrons. The quantitative estimate of drug-likeness (QED) is 0.370. The van der Waals surface area contributed by atoms with Crippen LogP contribution in [0.1, 0.15) is 20.7 Å². The van der Waals surface area contributed by atoms with Gasteiger partial charge in [0.2, 0.25) is 0 Å². The highest BCUT2D eigenvalue weighted by Crippen LogP contribution is 2.22. The number of carbonyl (C=O) groups excluding carboxylic acids is 2. The third kappa shape index (κ3) is 3.13. The average molecular weight is 303 g/mol. The average Bonchev–Trinajstić information content (AvgIpc) is 2.58. The molecule has 0 saturated carbocycles. The monoisotopic (exact) mass is 303 g/mol. The number of hydrogen-bond donors (Lipinski definition) is 1. The maximum absolute atomic E-state index is 11.9. The predicted octanol–water partition coefficient (Wildman–Crippen LogP) is 0.750. The van der Waals surface area contributed by atoms with Crippen LogP contribution in [-0.4, -0.2) is 42.0 Å². The van der Waals surface area contributed by atoms with Gasteiger partial charge in [-0.2, -0.15) is 12.0 Å². The zero-order chi connectivity index (χ0) is 14.0. The molecule has 1 heterocycles. The topological polar surface area (TPSA) is 101 Å². The predicted molar refractivity (Wildman–Crippen MR) is 66.9 cm³/mol. The second-order valence-corrected chi connectivity index (χ2v) is 5.67. The highest BCUT2D eigenvalue weighted by molar-refractivity contribution is 8.02. The highest BCUT2D eigenvalue weighted by Gasteiger charge is 2.34. The van der Waals surface area contributed by atoms with E-state index in [0.717, 1.165) is 4.90 Å². The van der Waals surface area contributed by atoms with Gasteiger partial charge in [-0.25, -0.2) is 0 Å². The molecule has 1 aliphatic heterocycles. The lowest BCUT2D eigenvalue weighted by Gasteiger charge is -2.12. The van der Waals surface area contributed by atoms with Crippen LogP contribution in [0.25, 0.3) is 0 Å². The van der Waals surface area contributed by atoms with Crippen molar-refractivity contribution < 1.29 is 26.2 Å². The molecular weight excluding hydrogens is 294 g/mol. The van der Waals surface area contributed by atoms with Gasteiger partial charge in [0.1, 0.15) is 0 Å². The lowest BCUT2D eigenvalue weighted by atomic mass is 10.1. The van der Waals surface area contributed by atoms with E-state index in [0.29, 0.717) is 23.2 Å². The fourth-order valence-corrected chi connectivity index (χ4v) is 2.68. The minimum Gasteiger partial charge on any atom is -0.273 e. The van der Waals surface area contributed by atoms with Gasteiger partial charge < -0.3 is 0 Å². The van der Waals surface area contributed by atoms with Crippen LogP contribution in [0.3, 0.4) is 0 Å². The number of nitrogens with zero attached hydrogens (tertiary/aromatic N) is 1. The standard InChI is InChI=1S/C10H9NO6S2/c12-9-7-3-1-2-4-8(7)10(13)11(9)5-6-18-17-19(14,15)16/h1-4H,5-6H2,(H,14,15,16). The molecular formula is C10H9NO6S2. The van der Waals surface area contributed by atoms with Gasteiger partial charge in [0.15, 0.2) is 0 Å². The van der Waals surface area contributed by atoms with Crippen molar-refractivity contribution >= 4 is 34.3 Å². The van der Waals surface area contributed by atoms with Crippen LogP contribution >= 0.6 is 12.0 Å². The molecule has 0 saturated heterocycles. The first-order valence-electron chi connectivity index (χ1n) is 5.14. The molecule has 0 aromatic heterocycles. The summed E-state index contributed by atoms with van der Waals surface area (Å²) in [6.45, 7) is -0.00741. The number of fused-ring (bicyclic) bond motifs is 1. The molecule has 0 aliphatic carbocycles. The minimum atomic E-state index is -4.53. The SMILES string of the molecule is O=C1c2ccccc2C(=O)N1CCSOS(=O)(=O)O. The van der Waals surface area contributed by atoms with E-state index in [-0.39, 0.29) is 12.3 Å². The van der Waals surface area contributed by atoms with Crippen LogP contribution in [-0.2, 0) is 14.0 Å². The van der Waals surface area contributed by atoms with Crippen molar-refractivity contribution in [1.29, 1.82) is 0 Å². The van der Waals surface area contributed by atoms with Gasteiger partial charge in [-0.3, -0.25) is 19.0 Å². The van der Waals surface area contributed by atoms with Gasteiger partial charge >= 0.3 is 10.4 Å². The van der Waals surface area contributed by atoms with Gasteiger partial charge in [-0.15, -0.1) is 0 Å².